The van der Waals surface area contributed by atoms with E-state index in [9.17, 15) is 8.78 Å². The molecule has 7 heteroatoms. The first-order valence-electron chi connectivity index (χ1n) is 5.48. The van der Waals surface area contributed by atoms with Crippen LogP contribution in [0.2, 0.25) is 0 Å². The Balaban J connectivity index is 2.23. The number of rotatable bonds is 5. The molecule has 0 aromatic carbocycles. The summed E-state index contributed by atoms with van der Waals surface area (Å²) in [5.41, 5.74) is 0. The van der Waals surface area contributed by atoms with Gasteiger partial charge in [0.25, 0.3) is 0 Å². The van der Waals surface area contributed by atoms with Gasteiger partial charge in [-0.3, -0.25) is 0 Å². The van der Waals surface area contributed by atoms with Crippen LogP contribution in [-0.4, -0.2) is 21.5 Å². The molecule has 0 saturated carbocycles. The molecule has 0 aliphatic rings. The fraction of sp³-hybridized carbons (Fsp3) is 0.273. The Morgan fingerprint density at radius 3 is 2.89 bits per heavy atom. The van der Waals surface area contributed by atoms with Crippen molar-refractivity contribution in [2.45, 2.75) is 23.5 Å². The van der Waals surface area contributed by atoms with Gasteiger partial charge >= 0.3 is 0 Å². The number of H-pyrrole nitrogens is 1. The van der Waals surface area contributed by atoms with E-state index in [0.29, 0.717) is 11.7 Å². The van der Waals surface area contributed by atoms with Crippen LogP contribution in [0, 0.1) is 11.6 Å². The third-order valence-electron chi connectivity index (χ3n) is 2.11. The number of hydrogen-bond donors (Lipinski definition) is 2. The van der Waals surface area contributed by atoms with Gasteiger partial charge in [-0.05, 0) is 18.2 Å². The molecule has 2 aromatic rings. The standard InChI is InChI=1S/C11H12F2N4S/c1-2-3-14-9-7(12)6-8(13)10(17-9)18-11-15-4-5-16-11/h4-6H,2-3H2,1H3,(H,14,17)(H,15,16). The average molecular weight is 270 g/mol. The van der Waals surface area contributed by atoms with Crippen LogP contribution >= 0.6 is 11.8 Å². The first-order valence-corrected chi connectivity index (χ1v) is 6.29. The summed E-state index contributed by atoms with van der Waals surface area (Å²) >= 11 is 1.02. The maximum atomic E-state index is 13.6. The summed E-state index contributed by atoms with van der Waals surface area (Å²) in [5.74, 6) is -1.33. The molecule has 0 radical (unpaired) electrons. The van der Waals surface area contributed by atoms with Gasteiger partial charge in [0.15, 0.2) is 22.6 Å². The SMILES string of the molecule is CCCNc1nc(Sc2ncc[nH]2)c(F)cc1F. The second-order valence-electron chi connectivity index (χ2n) is 3.53. The van der Waals surface area contributed by atoms with Crippen molar-refractivity contribution in [1.29, 1.82) is 0 Å². The maximum absolute atomic E-state index is 13.6. The van der Waals surface area contributed by atoms with Gasteiger partial charge in [0, 0.05) is 25.0 Å². The predicted molar refractivity (Wildman–Crippen MR) is 65.6 cm³/mol. The average Bonchev–Trinajstić information content (AvgIpc) is 2.84. The van der Waals surface area contributed by atoms with Crippen LogP contribution < -0.4 is 5.32 Å². The minimum atomic E-state index is -0.698. The molecule has 0 spiro atoms. The van der Waals surface area contributed by atoms with Gasteiger partial charge in [-0.1, -0.05) is 6.92 Å². The Hall–Kier alpha value is -1.63. The molecular weight excluding hydrogens is 258 g/mol. The molecule has 96 valence electrons. The molecule has 2 rings (SSSR count). The van der Waals surface area contributed by atoms with Crippen LogP contribution in [0.4, 0.5) is 14.6 Å². The van der Waals surface area contributed by atoms with E-state index in [0.717, 1.165) is 24.2 Å². The van der Waals surface area contributed by atoms with Gasteiger partial charge in [0.2, 0.25) is 0 Å². The zero-order chi connectivity index (χ0) is 13.0. The Kier molecular flexibility index (Phi) is 4.14. The summed E-state index contributed by atoms with van der Waals surface area (Å²) in [6.07, 6.45) is 4.01. The molecule has 18 heavy (non-hydrogen) atoms. The van der Waals surface area contributed by atoms with Crippen molar-refractivity contribution in [3.05, 3.63) is 30.1 Å². The van der Waals surface area contributed by atoms with E-state index in [1.807, 2.05) is 6.92 Å². The molecule has 4 nitrogen and oxygen atoms in total. The number of halogens is 2. The van der Waals surface area contributed by atoms with Gasteiger partial charge in [-0.25, -0.2) is 18.7 Å². The number of imidazole rings is 1. The lowest BCUT2D eigenvalue weighted by atomic mass is 10.4. The zero-order valence-corrected chi connectivity index (χ0v) is 10.5. The lowest BCUT2D eigenvalue weighted by Crippen LogP contribution is -2.06. The van der Waals surface area contributed by atoms with Gasteiger partial charge in [0.1, 0.15) is 5.03 Å². The molecule has 0 amide bonds. The quantitative estimate of drug-likeness (QED) is 0.876. The molecule has 2 heterocycles. The van der Waals surface area contributed by atoms with Crippen molar-refractivity contribution in [2.75, 3.05) is 11.9 Å². The van der Waals surface area contributed by atoms with E-state index in [-0.39, 0.29) is 10.8 Å². The Labute approximate surface area is 107 Å². The Morgan fingerprint density at radius 2 is 2.22 bits per heavy atom. The van der Waals surface area contributed by atoms with Crippen molar-refractivity contribution in [3.63, 3.8) is 0 Å². The monoisotopic (exact) mass is 270 g/mol. The molecule has 0 unspecified atom stereocenters. The molecule has 0 saturated heterocycles. The molecule has 0 aliphatic carbocycles. The highest BCUT2D eigenvalue weighted by atomic mass is 32.2. The number of nitrogens with zero attached hydrogens (tertiary/aromatic N) is 2. The van der Waals surface area contributed by atoms with Crippen LogP contribution in [0.1, 0.15) is 13.3 Å². The molecule has 0 aliphatic heterocycles. The van der Waals surface area contributed by atoms with Crippen LogP contribution in [-0.2, 0) is 0 Å². The van der Waals surface area contributed by atoms with Gasteiger partial charge in [-0.15, -0.1) is 0 Å². The highest BCUT2D eigenvalue weighted by Gasteiger charge is 2.13. The largest absolute Gasteiger partial charge is 0.368 e. The second-order valence-corrected chi connectivity index (χ2v) is 4.51. The van der Waals surface area contributed by atoms with Crippen LogP contribution in [0.25, 0.3) is 0 Å². The van der Waals surface area contributed by atoms with Crippen LogP contribution in [0.15, 0.2) is 28.6 Å². The lowest BCUT2D eigenvalue weighted by molar-refractivity contribution is 0.550. The van der Waals surface area contributed by atoms with Crippen LogP contribution in [0.5, 0.6) is 0 Å². The first kappa shape index (κ1) is 12.8. The molecule has 2 aromatic heterocycles. The first-order chi connectivity index (χ1) is 8.70. The highest BCUT2D eigenvalue weighted by Crippen LogP contribution is 2.27. The number of aromatic amines is 1. The van der Waals surface area contributed by atoms with Crippen molar-refractivity contribution in [3.8, 4) is 0 Å². The molecule has 2 N–H and O–H groups in total. The van der Waals surface area contributed by atoms with Crippen molar-refractivity contribution < 1.29 is 8.78 Å². The Morgan fingerprint density at radius 1 is 1.39 bits per heavy atom. The lowest BCUT2D eigenvalue weighted by Gasteiger charge is -2.07. The van der Waals surface area contributed by atoms with E-state index in [1.165, 1.54) is 0 Å². The summed E-state index contributed by atoms with van der Waals surface area (Å²) < 4.78 is 27.0. The number of aromatic nitrogens is 3. The fourth-order valence-corrected chi connectivity index (χ4v) is 2.00. The summed E-state index contributed by atoms with van der Waals surface area (Å²) in [6.45, 7) is 2.54. The zero-order valence-electron chi connectivity index (χ0n) is 9.70. The third kappa shape index (κ3) is 2.98. The van der Waals surface area contributed by atoms with Crippen LogP contribution in [0.3, 0.4) is 0 Å². The van der Waals surface area contributed by atoms with E-state index in [1.54, 1.807) is 12.4 Å². The maximum Gasteiger partial charge on any atom is 0.171 e. The highest BCUT2D eigenvalue weighted by molar-refractivity contribution is 7.99. The smallest absolute Gasteiger partial charge is 0.171 e. The van der Waals surface area contributed by atoms with E-state index < -0.39 is 11.6 Å². The summed E-state index contributed by atoms with van der Waals surface area (Å²) in [5, 5.41) is 3.41. The van der Waals surface area contributed by atoms with Gasteiger partial charge in [-0.2, -0.15) is 0 Å². The van der Waals surface area contributed by atoms with E-state index in [4.69, 9.17) is 0 Å². The minimum Gasteiger partial charge on any atom is -0.368 e. The predicted octanol–water partition coefficient (Wildman–Crippen LogP) is 3.06. The number of hydrogen-bond acceptors (Lipinski definition) is 4. The summed E-state index contributed by atoms with van der Waals surface area (Å²) in [4.78, 5) is 10.7. The summed E-state index contributed by atoms with van der Waals surface area (Å²) in [6, 6.07) is 0.830. The second kappa shape index (κ2) is 5.81. The van der Waals surface area contributed by atoms with Crippen molar-refractivity contribution in [1.82, 2.24) is 15.0 Å². The number of pyridine rings is 1. The van der Waals surface area contributed by atoms with Crippen molar-refractivity contribution >= 4 is 17.6 Å². The summed E-state index contributed by atoms with van der Waals surface area (Å²) in [7, 11) is 0. The van der Waals surface area contributed by atoms with E-state index in [2.05, 4.69) is 20.3 Å². The van der Waals surface area contributed by atoms with Gasteiger partial charge < -0.3 is 10.3 Å². The number of nitrogens with one attached hydrogen (secondary N) is 2. The molecule has 0 bridgehead atoms. The minimum absolute atomic E-state index is 0.0623. The molecule has 0 fully saturated rings. The normalized spacial score (nSPS) is 10.6. The van der Waals surface area contributed by atoms with Crippen molar-refractivity contribution in [2.24, 2.45) is 0 Å². The van der Waals surface area contributed by atoms with Gasteiger partial charge in [0.05, 0.1) is 0 Å². The Bertz CT molecular complexity index is 516. The molecule has 0 atom stereocenters. The fourth-order valence-electron chi connectivity index (χ4n) is 1.29. The topological polar surface area (TPSA) is 53.6 Å². The third-order valence-corrected chi connectivity index (χ3v) is 3.00. The number of anilines is 1. The van der Waals surface area contributed by atoms with E-state index >= 15 is 0 Å². The molecular formula is C11H12F2N4S.